The van der Waals surface area contributed by atoms with Gasteiger partial charge >= 0.3 is 6.03 Å². The van der Waals surface area contributed by atoms with E-state index in [4.69, 9.17) is 11.6 Å². The number of benzene rings is 3. The maximum atomic E-state index is 12.9. The third-order valence-electron chi connectivity index (χ3n) is 4.04. The molecule has 4 rings (SSSR count). The van der Waals surface area contributed by atoms with Gasteiger partial charge in [-0.05, 0) is 36.4 Å². The Balaban J connectivity index is 1.59. The number of hydrazine groups is 1. The highest BCUT2D eigenvalue weighted by molar-refractivity contribution is 7.99. The lowest BCUT2D eigenvalue weighted by Crippen LogP contribution is -2.48. The van der Waals surface area contributed by atoms with Crippen LogP contribution in [0.1, 0.15) is 10.4 Å². The van der Waals surface area contributed by atoms with E-state index in [0.717, 1.165) is 21.2 Å². The van der Waals surface area contributed by atoms with Crippen LogP contribution in [0.2, 0.25) is 5.02 Å². The lowest BCUT2D eigenvalue weighted by Gasteiger charge is -2.30. The minimum absolute atomic E-state index is 0.287. The summed E-state index contributed by atoms with van der Waals surface area (Å²) in [7, 11) is 0. The van der Waals surface area contributed by atoms with Crippen molar-refractivity contribution in [3.8, 4) is 0 Å². The number of carbonyl (C=O) groups is 2. The first-order valence-electron chi connectivity index (χ1n) is 8.16. The van der Waals surface area contributed by atoms with Crippen molar-refractivity contribution in [2.24, 2.45) is 0 Å². The molecule has 0 spiro atoms. The molecule has 0 saturated carbocycles. The van der Waals surface area contributed by atoms with Crippen LogP contribution >= 0.6 is 23.4 Å². The van der Waals surface area contributed by atoms with Crippen LogP contribution in [-0.2, 0) is 0 Å². The first kappa shape index (κ1) is 17.5. The van der Waals surface area contributed by atoms with Gasteiger partial charge in [0.1, 0.15) is 0 Å². The highest BCUT2D eigenvalue weighted by atomic mass is 35.5. The Hall–Kier alpha value is -2.96. The van der Waals surface area contributed by atoms with Crippen molar-refractivity contribution in [1.82, 2.24) is 10.9 Å². The Bertz CT molecular complexity index is 995. The first-order valence-corrected chi connectivity index (χ1v) is 9.35. The standard InChI is InChI=1S/C20H14ClN3O2S/c21-14-8-2-1-7-13(14)19(25)22-23-20(26)24-15-9-3-5-11-17(15)27-18-12-6-4-10-16(18)24/h1-12H,(H,22,25)(H,23,26). The number of nitrogens with zero attached hydrogens (tertiary/aromatic N) is 1. The van der Waals surface area contributed by atoms with E-state index < -0.39 is 11.9 Å². The summed E-state index contributed by atoms with van der Waals surface area (Å²) in [5, 5.41) is 0.314. The second-order valence-electron chi connectivity index (χ2n) is 5.74. The zero-order valence-electron chi connectivity index (χ0n) is 14.0. The summed E-state index contributed by atoms with van der Waals surface area (Å²) in [6.07, 6.45) is 0. The van der Waals surface area contributed by atoms with Gasteiger partial charge in [0.05, 0.1) is 22.0 Å². The van der Waals surface area contributed by atoms with Crippen LogP contribution in [0, 0.1) is 0 Å². The third kappa shape index (κ3) is 3.37. The third-order valence-corrected chi connectivity index (χ3v) is 5.50. The molecule has 3 aromatic carbocycles. The number of fused-ring (bicyclic) bond motifs is 2. The fourth-order valence-corrected chi connectivity index (χ4v) is 4.08. The van der Waals surface area contributed by atoms with Crippen LogP contribution < -0.4 is 15.8 Å². The molecule has 0 aliphatic carbocycles. The molecule has 5 nitrogen and oxygen atoms in total. The van der Waals surface area contributed by atoms with Crippen LogP contribution in [0.4, 0.5) is 16.2 Å². The van der Waals surface area contributed by atoms with Gasteiger partial charge in [-0.15, -0.1) is 0 Å². The quantitative estimate of drug-likeness (QED) is 0.570. The number of hydrogen-bond donors (Lipinski definition) is 2. The van der Waals surface area contributed by atoms with E-state index in [9.17, 15) is 9.59 Å². The van der Waals surface area contributed by atoms with Crippen LogP contribution in [0.15, 0.2) is 82.6 Å². The van der Waals surface area contributed by atoms with Crippen LogP contribution in [0.3, 0.4) is 0 Å². The van der Waals surface area contributed by atoms with Crippen molar-refractivity contribution in [1.29, 1.82) is 0 Å². The summed E-state index contributed by atoms with van der Waals surface area (Å²) in [6, 6.07) is 21.4. The fraction of sp³-hybridized carbons (Fsp3) is 0. The molecule has 1 heterocycles. The number of amides is 3. The van der Waals surface area contributed by atoms with E-state index in [1.54, 1.807) is 40.9 Å². The molecule has 7 heteroatoms. The molecule has 0 unspecified atom stereocenters. The molecule has 0 aromatic heterocycles. The molecule has 27 heavy (non-hydrogen) atoms. The summed E-state index contributed by atoms with van der Waals surface area (Å²) < 4.78 is 0. The zero-order valence-corrected chi connectivity index (χ0v) is 15.6. The number of rotatable bonds is 1. The summed E-state index contributed by atoms with van der Waals surface area (Å²) >= 11 is 7.63. The lowest BCUT2D eigenvalue weighted by atomic mass is 10.2. The van der Waals surface area contributed by atoms with E-state index in [2.05, 4.69) is 10.9 Å². The molecule has 0 radical (unpaired) electrons. The van der Waals surface area contributed by atoms with E-state index in [0.29, 0.717) is 5.02 Å². The molecule has 3 amide bonds. The number of urea groups is 1. The highest BCUT2D eigenvalue weighted by Crippen LogP contribution is 2.47. The number of nitrogens with one attached hydrogen (secondary N) is 2. The Morgan fingerprint density at radius 2 is 1.33 bits per heavy atom. The number of anilines is 2. The molecule has 0 fully saturated rings. The second-order valence-corrected chi connectivity index (χ2v) is 7.23. The molecule has 0 bridgehead atoms. The van der Waals surface area contributed by atoms with Gasteiger partial charge in [0.15, 0.2) is 0 Å². The molecule has 3 aromatic rings. The van der Waals surface area contributed by atoms with E-state index in [1.165, 1.54) is 0 Å². The fourth-order valence-electron chi connectivity index (χ4n) is 2.80. The van der Waals surface area contributed by atoms with Gasteiger partial charge in [-0.2, -0.15) is 0 Å². The van der Waals surface area contributed by atoms with Gasteiger partial charge in [0.2, 0.25) is 0 Å². The Kier molecular flexibility index (Phi) is 4.75. The minimum atomic E-state index is -0.484. The summed E-state index contributed by atoms with van der Waals surface area (Å²) in [6.45, 7) is 0. The van der Waals surface area contributed by atoms with Gasteiger partial charge in [-0.25, -0.2) is 10.2 Å². The smallest absolute Gasteiger partial charge is 0.267 e. The van der Waals surface area contributed by atoms with Gasteiger partial charge < -0.3 is 0 Å². The number of hydrogen-bond acceptors (Lipinski definition) is 3. The van der Waals surface area contributed by atoms with Crippen molar-refractivity contribution in [3.05, 3.63) is 83.4 Å². The molecule has 1 aliphatic heterocycles. The normalized spacial score (nSPS) is 12.0. The molecular weight excluding hydrogens is 382 g/mol. The van der Waals surface area contributed by atoms with Crippen LogP contribution in [0.25, 0.3) is 0 Å². The van der Waals surface area contributed by atoms with Crippen LogP contribution in [0.5, 0.6) is 0 Å². The Morgan fingerprint density at radius 1 is 0.778 bits per heavy atom. The molecular formula is C20H14ClN3O2S. The van der Waals surface area contributed by atoms with Gasteiger partial charge in [-0.3, -0.25) is 15.1 Å². The zero-order chi connectivity index (χ0) is 18.8. The monoisotopic (exact) mass is 395 g/mol. The second kappa shape index (κ2) is 7.34. The van der Waals surface area contributed by atoms with Crippen LogP contribution in [-0.4, -0.2) is 11.9 Å². The summed E-state index contributed by atoms with van der Waals surface area (Å²) in [4.78, 5) is 28.7. The maximum absolute atomic E-state index is 12.9. The van der Waals surface area contributed by atoms with E-state index in [-0.39, 0.29) is 5.56 Å². The first-order chi connectivity index (χ1) is 13.1. The molecule has 0 saturated heterocycles. The van der Waals surface area contributed by atoms with Gasteiger partial charge in [0, 0.05) is 9.79 Å². The predicted octanol–water partition coefficient (Wildman–Crippen LogP) is 5.00. The summed E-state index contributed by atoms with van der Waals surface area (Å²) in [5.74, 6) is -0.484. The lowest BCUT2D eigenvalue weighted by molar-refractivity contribution is 0.0937. The van der Waals surface area contributed by atoms with Crippen molar-refractivity contribution in [2.45, 2.75) is 9.79 Å². The van der Waals surface area contributed by atoms with Gasteiger partial charge in [-0.1, -0.05) is 59.8 Å². The largest absolute Gasteiger partial charge is 0.345 e. The maximum Gasteiger partial charge on any atom is 0.345 e. The summed E-state index contributed by atoms with van der Waals surface area (Å²) in [5.41, 5.74) is 6.70. The van der Waals surface area contributed by atoms with E-state index >= 15 is 0 Å². The molecule has 0 atom stereocenters. The number of carbonyl (C=O) groups excluding carboxylic acids is 2. The topological polar surface area (TPSA) is 61.4 Å². The average Bonchev–Trinajstić information content (AvgIpc) is 2.70. The molecule has 2 N–H and O–H groups in total. The van der Waals surface area contributed by atoms with Crippen molar-refractivity contribution in [2.75, 3.05) is 4.90 Å². The molecule has 1 aliphatic rings. The van der Waals surface area contributed by atoms with Crippen molar-refractivity contribution < 1.29 is 9.59 Å². The van der Waals surface area contributed by atoms with E-state index in [1.807, 2.05) is 48.5 Å². The Morgan fingerprint density at radius 3 is 1.96 bits per heavy atom. The highest BCUT2D eigenvalue weighted by Gasteiger charge is 2.28. The molecule has 134 valence electrons. The Labute approximate surface area is 165 Å². The number of halogens is 1. The van der Waals surface area contributed by atoms with Crippen molar-refractivity contribution >= 4 is 46.7 Å². The minimum Gasteiger partial charge on any atom is -0.267 e. The SMILES string of the molecule is O=C(NNC(=O)N1c2ccccc2Sc2ccccc21)c1ccccc1Cl. The predicted molar refractivity (Wildman–Crippen MR) is 107 cm³/mol. The number of para-hydroxylation sites is 2. The average molecular weight is 396 g/mol. The van der Waals surface area contributed by atoms with Gasteiger partial charge in [0.25, 0.3) is 5.91 Å². The van der Waals surface area contributed by atoms with Crippen molar-refractivity contribution in [3.63, 3.8) is 0 Å².